The molecule has 3 rings (SSSR count). The first-order valence-corrected chi connectivity index (χ1v) is 9.65. The van der Waals surface area contributed by atoms with E-state index in [2.05, 4.69) is 4.74 Å². The largest absolute Gasteiger partial charge is 0.479 e. The summed E-state index contributed by atoms with van der Waals surface area (Å²) in [6.07, 6.45) is 1.30. The Balaban J connectivity index is 1.72. The summed E-state index contributed by atoms with van der Waals surface area (Å²) in [6, 6.07) is 16.6. The molecule has 0 saturated heterocycles. The summed E-state index contributed by atoms with van der Waals surface area (Å²) in [6.45, 7) is -0.269. The number of hydrogen-bond donors (Lipinski definition) is 0. The van der Waals surface area contributed by atoms with Gasteiger partial charge in [-0.3, -0.25) is 4.79 Å². The number of carbonyl (C=O) groups is 4. The maximum atomic E-state index is 12.5. The van der Waals surface area contributed by atoms with Gasteiger partial charge < -0.3 is 18.9 Å². The SMILES string of the molecule is COC(=O)/C=C/C(=O)C1=C[C@H](OC(=O)c2ccccc2)[C@@H](COC(=O)c2ccccc2)O1. The Morgan fingerprint density at radius 3 is 2.06 bits per heavy atom. The minimum atomic E-state index is -0.989. The van der Waals surface area contributed by atoms with Crippen LogP contribution in [0.5, 0.6) is 0 Å². The molecule has 8 heteroatoms. The summed E-state index contributed by atoms with van der Waals surface area (Å²) >= 11 is 0. The lowest BCUT2D eigenvalue weighted by Crippen LogP contribution is -2.32. The van der Waals surface area contributed by atoms with Gasteiger partial charge in [0.1, 0.15) is 6.61 Å². The van der Waals surface area contributed by atoms with Crippen LogP contribution in [0.15, 0.2) is 84.7 Å². The van der Waals surface area contributed by atoms with Crippen molar-refractivity contribution < 1.29 is 38.1 Å². The lowest BCUT2D eigenvalue weighted by molar-refractivity contribution is -0.135. The van der Waals surface area contributed by atoms with Crippen LogP contribution >= 0.6 is 0 Å². The Bertz CT molecular complexity index is 1040. The fourth-order valence-corrected chi connectivity index (χ4v) is 2.78. The van der Waals surface area contributed by atoms with Gasteiger partial charge in [0.15, 0.2) is 18.0 Å². The summed E-state index contributed by atoms with van der Waals surface area (Å²) in [4.78, 5) is 48.3. The number of ether oxygens (including phenoxy) is 4. The third-order valence-corrected chi connectivity index (χ3v) is 4.42. The standard InChI is InChI=1S/C24H20O8/c1-29-22(26)13-12-18(25)19-14-20(32-24(28)17-10-6-3-7-11-17)21(31-19)15-30-23(27)16-8-4-2-5-9-16/h2-14,20-21H,15H2,1H3/b13-12+/t20-,21+/m0/s1. The predicted molar refractivity (Wildman–Crippen MR) is 111 cm³/mol. The molecule has 1 aliphatic rings. The zero-order valence-corrected chi connectivity index (χ0v) is 17.1. The summed E-state index contributed by atoms with van der Waals surface area (Å²) in [7, 11) is 1.18. The molecule has 0 spiro atoms. The van der Waals surface area contributed by atoms with Crippen molar-refractivity contribution in [2.45, 2.75) is 12.2 Å². The molecule has 0 aliphatic carbocycles. The van der Waals surface area contributed by atoms with Crippen molar-refractivity contribution in [2.24, 2.45) is 0 Å². The molecule has 0 N–H and O–H groups in total. The molecule has 0 saturated carbocycles. The predicted octanol–water partition coefficient (Wildman–Crippen LogP) is 2.65. The van der Waals surface area contributed by atoms with E-state index in [-0.39, 0.29) is 12.4 Å². The van der Waals surface area contributed by atoms with Crippen molar-refractivity contribution in [3.63, 3.8) is 0 Å². The Hall–Kier alpha value is -4.20. The van der Waals surface area contributed by atoms with Crippen molar-refractivity contribution in [2.75, 3.05) is 13.7 Å². The Labute approximate surface area is 184 Å². The maximum Gasteiger partial charge on any atom is 0.338 e. The molecule has 0 unspecified atom stereocenters. The molecule has 8 nitrogen and oxygen atoms in total. The van der Waals surface area contributed by atoms with Gasteiger partial charge in [-0.2, -0.15) is 0 Å². The van der Waals surface area contributed by atoms with E-state index >= 15 is 0 Å². The molecular weight excluding hydrogens is 416 g/mol. The van der Waals surface area contributed by atoms with Gasteiger partial charge in [-0.15, -0.1) is 0 Å². The minimum absolute atomic E-state index is 0.142. The first-order valence-electron chi connectivity index (χ1n) is 9.65. The van der Waals surface area contributed by atoms with E-state index in [0.717, 1.165) is 12.2 Å². The van der Waals surface area contributed by atoms with Gasteiger partial charge in [-0.05, 0) is 30.3 Å². The number of allylic oxidation sites excluding steroid dienone is 1. The highest BCUT2D eigenvalue weighted by atomic mass is 16.6. The zero-order valence-electron chi connectivity index (χ0n) is 17.1. The molecule has 0 fully saturated rings. The number of carbonyl (C=O) groups excluding carboxylic acids is 4. The van der Waals surface area contributed by atoms with Gasteiger partial charge in [0.2, 0.25) is 5.78 Å². The zero-order chi connectivity index (χ0) is 22.9. The van der Waals surface area contributed by atoms with Gasteiger partial charge in [-0.25, -0.2) is 14.4 Å². The highest BCUT2D eigenvalue weighted by Gasteiger charge is 2.36. The average molecular weight is 436 g/mol. The first-order chi connectivity index (χ1) is 15.5. The van der Waals surface area contributed by atoms with E-state index in [1.165, 1.54) is 13.2 Å². The smallest absolute Gasteiger partial charge is 0.338 e. The fraction of sp³-hybridized carbons (Fsp3) is 0.167. The van der Waals surface area contributed by atoms with Crippen LogP contribution in [-0.2, 0) is 28.5 Å². The third-order valence-electron chi connectivity index (χ3n) is 4.42. The summed E-state index contributed by atoms with van der Waals surface area (Å²) in [5.74, 6) is -2.71. The topological polar surface area (TPSA) is 105 Å². The van der Waals surface area contributed by atoms with E-state index in [1.807, 2.05) is 0 Å². The second-order valence-corrected chi connectivity index (χ2v) is 6.61. The van der Waals surface area contributed by atoms with Crippen molar-refractivity contribution in [1.29, 1.82) is 0 Å². The van der Waals surface area contributed by atoms with Crippen LogP contribution in [-0.4, -0.2) is 49.6 Å². The number of methoxy groups -OCH3 is 1. The second-order valence-electron chi connectivity index (χ2n) is 6.61. The molecule has 0 radical (unpaired) electrons. The van der Waals surface area contributed by atoms with Crippen LogP contribution < -0.4 is 0 Å². The molecule has 0 amide bonds. The van der Waals surface area contributed by atoms with Gasteiger partial charge in [-0.1, -0.05) is 36.4 Å². The molecule has 2 aromatic rings. The number of benzene rings is 2. The van der Waals surface area contributed by atoms with Crippen LogP contribution in [0, 0.1) is 0 Å². The van der Waals surface area contributed by atoms with Crippen molar-refractivity contribution in [3.8, 4) is 0 Å². The van der Waals surface area contributed by atoms with Gasteiger partial charge in [0.05, 0.1) is 18.2 Å². The first kappa shape index (κ1) is 22.5. The lowest BCUT2D eigenvalue weighted by Gasteiger charge is -2.19. The average Bonchev–Trinajstić information content (AvgIpc) is 3.24. The highest BCUT2D eigenvalue weighted by Crippen LogP contribution is 2.23. The summed E-state index contributed by atoms with van der Waals surface area (Å²) in [5, 5.41) is 0. The molecule has 164 valence electrons. The number of ketones is 1. The van der Waals surface area contributed by atoms with Crippen molar-refractivity contribution in [1.82, 2.24) is 0 Å². The molecule has 0 bridgehead atoms. The van der Waals surface area contributed by atoms with Crippen LogP contribution in [0.3, 0.4) is 0 Å². The summed E-state index contributed by atoms with van der Waals surface area (Å²) < 4.78 is 20.8. The monoisotopic (exact) mass is 436 g/mol. The van der Waals surface area contributed by atoms with E-state index in [4.69, 9.17) is 14.2 Å². The molecule has 2 aromatic carbocycles. The Morgan fingerprint density at radius 1 is 0.875 bits per heavy atom. The quantitative estimate of drug-likeness (QED) is 0.353. The highest BCUT2D eigenvalue weighted by molar-refractivity contribution is 6.05. The minimum Gasteiger partial charge on any atom is -0.479 e. The van der Waals surface area contributed by atoms with Gasteiger partial charge in [0, 0.05) is 12.2 Å². The Morgan fingerprint density at radius 2 is 1.47 bits per heavy atom. The fourth-order valence-electron chi connectivity index (χ4n) is 2.78. The molecule has 0 aromatic heterocycles. The molecule has 32 heavy (non-hydrogen) atoms. The molecule has 1 heterocycles. The third kappa shape index (κ3) is 5.91. The number of rotatable bonds is 8. The van der Waals surface area contributed by atoms with Crippen LogP contribution in [0.25, 0.3) is 0 Å². The summed E-state index contributed by atoms with van der Waals surface area (Å²) in [5.41, 5.74) is 0.653. The van der Waals surface area contributed by atoms with Crippen molar-refractivity contribution in [3.05, 3.63) is 95.8 Å². The van der Waals surface area contributed by atoms with E-state index in [1.54, 1.807) is 60.7 Å². The molecule has 1 aliphatic heterocycles. The number of hydrogen-bond acceptors (Lipinski definition) is 8. The molecular formula is C24H20O8. The van der Waals surface area contributed by atoms with E-state index in [0.29, 0.717) is 11.1 Å². The Kier molecular flexibility index (Phi) is 7.53. The molecule has 2 atom stereocenters. The lowest BCUT2D eigenvalue weighted by atomic mass is 10.2. The van der Waals surface area contributed by atoms with Crippen LogP contribution in [0.4, 0.5) is 0 Å². The maximum absolute atomic E-state index is 12.5. The van der Waals surface area contributed by atoms with E-state index in [9.17, 15) is 19.2 Å². The van der Waals surface area contributed by atoms with E-state index < -0.39 is 35.9 Å². The normalized spacial score (nSPS) is 17.2. The number of esters is 3. The van der Waals surface area contributed by atoms with Crippen LogP contribution in [0.1, 0.15) is 20.7 Å². The van der Waals surface area contributed by atoms with Gasteiger partial charge >= 0.3 is 17.9 Å². The van der Waals surface area contributed by atoms with Crippen LogP contribution in [0.2, 0.25) is 0 Å². The van der Waals surface area contributed by atoms with Gasteiger partial charge in [0.25, 0.3) is 0 Å². The van der Waals surface area contributed by atoms with Crippen molar-refractivity contribution >= 4 is 23.7 Å². The second kappa shape index (κ2) is 10.7.